The molecule has 1 heterocycles. The Bertz CT molecular complexity index is 499. The second kappa shape index (κ2) is 7.62. The quantitative estimate of drug-likeness (QED) is 0.840. The Morgan fingerprint density at radius 3 is 2.60 bits per heavy atom. The van der Waals surface area contributed by atoms with E-state index in [1.165, 1.54) is 0 Å². The van der Waals surface area contributed by atoms with E-state index in [9.17, 15) is 5.11 Å². The van der Waals surface area contributed by atoms with Gasteiger partial charge in [0.15, 0.2) is 0 Å². The highest BCUT2D eigenvalue weighted by Gasteiger charge is 2.06. The molecule has 0 saturated heterocycles. The molecule has 0 aliphatic carbocycles. The number of benzene rings is 1. The van der Waals surface area contributed by atoms with Crippen molar-refractivity contribution in [2.45, 2.75) is 19.1 Å². The number of hydrogen-bond donors (Lipinski definition) is 1. The van der Waals surface area contributed by atoms with E-state index in [1.807, 2.05) is 36.4 Å². The first-order valence-corrected chi connectivity index (χ1v) is 6.55. The van der Waals surface area contributed by atoms with Gasteiger partial charge < -0.3 is 14.6 Å². The summed E-state index contributed by atoms with van der Waals surface area (Å²) < 4.78 is 10.6. The van der Waals surface area contributed by atoms with Crippen LogP contribution < -0.4 is 4.74 Å². The molecule has 0 radical (unpaired) electrons. The number of aliphatic hydroxyl groups excluding tert-OH is 1. The summed E-state index contributed by atoms with van der Waals surface area (Å²) in [7, 11) is 1.64. The van der Waals surface area contributed by atoms with E-state index in [0.29, 0.717) is 19.6 Å². The molecule has 0 aliphatic rings. The molecule has 2 rings (SSSR count). The lowest BCUT2D eigenvalue weighted by Gasteiger charge is -2.11. The Hall–Kier alpha value is -1.91. The molecule has 0 bridgehead atoms. The Balaban J connectivity index is 1.72. The number of aromatic nitrogens is 1. The fourth-order valence-corrected chi connectivity index (χ4v) is 1.88. The predicted molar refractivity (Wildman–Crippen MR) is 76.6 cm³/mol. The first-order chi connectivity index (χ1) is 9.78. The van der Waals surface area contributed by atoms with Crippen LogP contribution in [0.15, 0.2) is 48.8 Å². The summed E-state index contributed by atoms with van der Waals surface area (Å²) >= 11 is 0. The van der Waals surface area contributed by atoms with Crippen LogP contribution in [-0.2, 0) is 17.8 Å². The minimum atomic E-state index is -0.516. The minimum absolute atomic E-state index is 0.306. The molecule has 106 valence electrons. The molecule has 0 aliphatic heterocycles. The molecule has 0 saturated carbocycles. The number of aliphatic hydroxyl groups is 1. The van der Waals surface area contributed by atoms with Crippen molar-refractivity contribution in [3.8, 4) is 5.75 Å². The van der Waals surface area contributed by atoms with Gasteiger partial charge in [-0.1, -0.05) is 18.2 Å². The minimum Gasteiger partial charge on any atom is -0.497 e. The zero-order valence-corrected chi connectivity index (χ0v) is 11.5. The number of nitrogens with zero attached hydrogens (tertiary/aromatic N) is 1. The zero-order chi connectivity index (χ0) is 14.2. The summed E-state index contributed by atoms with van der Waals surface area (Å²) in [4.78, 5) is 4.02. The van der Waals surface area contributed by atoms with Crippen LogP contribution in [-0.4, -0.2) is 29.9 Å². The summed E-state index contributed by atoms with van der Waals surface area (Å²) in [5, 5.41) is 9.89. The van der Waals surface area contributed by atoms with Gasteiger partial charge in [0.2, 0.25) is 0 Å². The lowest BCUT2D eigenvalue weighted by molar-refractivity contribution is 0.0288. The van der Waals surface area contributed by atoms with E-state index < -0.39 is 6.10 Å². The van der Waals surface area contributed by atoms with Gasteiger partial charge in [-0.25, -0.2) is 0 Å². The van der Waals surface area contributed by atoms with Crippen LogP contribution in [0, 0.1) is 0 Å². The van der Waals surface area contributed by atoms with E-state index >= 15 is 0 Å². The first-order valence-electron chi connectivity index (χ1n) is 6.55. The van der Waals surface area contributed by atoms with E-state index in [2.05, 4.69) is 4.98 Å². The number of hydrogen-bond acceptors (Lipinski definition) is 4. The number of methoxy groups -OCH3 is 1. The van der Waals surface area contributed by atoms with Crippen LogP contribution in [0.4, 0.5) is 0 Å². The Morgan fingerprint density at radius 2 is 1.95 bits per heavy atom. The van der Waals surface area contributed by atoms with Gasteiger partial charge in [0, 0.05) is 18.8 Å². The van der Waals surface area contributed by atoms with Gasteiger partial charge in [-0.15, -0.1) is 0 Å². The van der Waals surface area contributed by atoms with Crippen molar-refractivity contribution in [2.75, 3.05) is 13.7 Å². The van der Waals surface area contributed by atoms with Gasteiger partial charge in [-0.05, 0) is 29.3 Å². The van der Waals surface area contributed by atoms with E-state index in [0.717, 1.165) is 16.9 Å². The molecule has 2 aromatic rings. The van der Waals surface area contributed by atoms with Crippen LogP contribution in [0.5, 0.6) is 5.75 Å². The molecule has 20 heavy (non-hydrogen) atoms. The van der Waals surface area contributed by atoms with Gasteiger partial charge in [-0.3, -0.25) is 4.98 Å². The van der Waals surface area contributed by atoms with E-state index in [4.69, 9.17) is 9.47 Å². The molecule has 1 unspecified atom stereocenters. The summed E-state index contributed by atoms with van der Waals surface area (Å²) in [6.07, 6.45) is 3.51. The second-order valence-corrected chi connectivity index (χ2v) is 4.58. The molecule has 4 nitrogen and oxygen atoms in total. The van der Waals surface area contributed by atoms with Gasteiger partial charge in [0.1, 0.15) is 5.75 Å². The van der Waals surface area contributed by atoms with Gasteiger partial charge >= 0.3 is 0 Å². The fourth-order valence-electron chi connectivity index (χ4n) is 1.88. The largest absolute Gasteiger partial charge is 0.497 e. The average Bonchev–Trinajstić information content (AvgIpc) is 2.49. The molecule has 1 aromatic heterocycles. The molecular weight excluding hydrogens is 254 g/mol. The molecule has 4 heteroatoms. The molecular formula is C16H19NO3. The highest BCUT2D eigenvalue weighted by molar-refractivity contribution is 5.26. The van der Waals surface area contributed by atoms with Crippen LogP contribution in [0.2, 0.25) is 0 Å². The van der Waals surface area contributed by atoms with Crippen molar-refractivity contribution in [3.05, 3.63) is 59.9 Å². The monoisotopic (exact) mass is 273 g/mol. The van der Waals surface area contributed by atoms with Crippen molar-refractivity contribution in [1.82, 2.24) is 4.98 Å². The molecule has 0 spiro atoms. The maximum absolute atomic E-state index is 9.89. The third kappa shape index (κ3) is 4.64. The van der Waals surface area contributed by atoms with E-state index in [-0.39, 0.29) is 0 Å². The molecule has 1 atom stereocenters. The molecule has 0 amide bonds. The summed E-state index contributed by atoms with van der Waals surface area (Å²) in [6.45, 7) is 0.787. The Kier molecular flexibility index (Phi) is 5.53. The zero-order valence-electron chi connectivity index (χ0n) is 11.5. The Morgan fingerprint density at radius 1 is 1.15 bits per heavy atom. The number of rotatable bonds is 7. The Labute approximate surface area is 119 Å². The van der Waals surface area contributed by atoms with Gasteiger partial charge in [-0.2, -0.15) is 0 Å². The molecule has 1 N–H and O–H groups in total. The standard InChI is InChI=1S/C16H19NO3/c1-19-16-6-4-13(5-7-16)11-20-12-15(18)9-14-3-2-8-17-10-14/h2-8,10,15,18H,9,11-12H2,1H3. The molecule has 0 fully saturated rings. The van der Waals surface area contributed by atoms with Crippen molar-refractivity contribution < 1.29 is 14.6 Å². The maximum atomic E-state index is 9.89. The maximum Gasteiger partial charge on any atom is 0.118 e. The lowest BCUT2D eigenvalue weighted by atomic mass is 10.1. The summed E-state index contributed by atoms with van der Waals surface area (Å²) in [6, 6.07) is 11.5. The fraction of sp³-hybridized carbons (Fsp3) is 0.312. The van der Waals surface area contributed by atoms with Crippen LogP contribution in [0.1, 0.15) is 11.1 Å². The number of ether oxygens (including phenoxy) is 2. The van der Waals surface area contributed by atoms with Crippen molar-refractivity contribution in [3.63, 3.8) is 0 Å². The SMILES string of the molecule is COc1ccc(COCC(O)Cc2cccnc2)cc1. The third-order valence-corrected chi connectivity index (χ3v) is 2.93. The van der Waals surface area contributed by atoms with Crippen LogP contribution in [0.3, 0.4) is 0 Å². The van der Waals surface area contributed by atoms with Gasteiger partial charge in [0.05, 0.1) is 26.4 Å². The van der Waals surface area contributed by atoms with Crippen molar-refractivity contribution in [2.24, 2.45) is 0 Å². The summed E-state index contributed by atoms with van der Waals surface area (Å²) in [5.74, 6) is 0.824. The van der Waals surface area contributed by atoms with Crippen LogP contribution >= 0.6 is 0 Å². The third-order valence-electron chi connectivity index (χ3n) is 2.93. The predicted octanol–water partition coefficient (Wildman–Crippen LogP) is 2.21. The number of pyridine rings is 1. The smallest absolute Gasteiger partial charge is 0.118 e. The molecule has 1 aromatic carbocycles. The van der Waals surface area contributed by atoms with Crippen molar-refractivity contribution >= 4 is 0 Å². The lowest BCUT2D eigenvalue weighted by Crippen LogP contribution is -2.18. The highest BCUT2D eigenvalue weighted by Crippen LogP contribution is 2.12. The van der Waals surface area contributed by atoms with Crippen LogP contribution in [0.25, 0.3) is 0 Å². The summed E-state index contributed by atoms with van der Waals surface area (Å²) in [5.41, 5.74) is 2.06. The highest BCUT2D eigenvalue weighted by atomic mass is 16.5. The van der Waals surface area contributed by atoms with E-state index in [1.54, 1.807) is 19.5 Å². The normalized spacial score (nSPS) is 12.1. The van der Waals surface area contributed by atoms with Gasteiger partial charge in [0.25, 0.3) is 0 Å². The average molecular weight is 273 g/mol. The second-order valence-electron chi connectivity index (χ2n) is 4.58. The van der Waals surface area contributed by atoms with Crippen molar-refractivity contribution in [1.29, 1.82) is 0 Å². The topological polar surface area (TPSA) is 51.6 Å². The first kappa shape index (κ1) is 14.5.